The van der Waals surface area contributed by atoms with Crippen molar-refractivity contribution in [1.29, 1.82) is 0 Å². The van der Waals surface area contributed by atoms with Crippen LogP contribution in [0.5, 0.6) is 5.75 Å². The third-order valence-corrected chi connectivity index (χ3v) is 2.46. The quantitative estimate of drug-likeness (QED) is 0.846. The third kappa shape index (κ3) is 5.92. The van der Waals surface area contributed by atoms with Crippen LogP contribution in [0.25, 0.3) is 0 Å². The van der Waals surface area contributed by atoms with Gasteiger partial charge in [0, 0.05) is 5.69 Å². The van der Waals surface area contributed by atoms with Crippen molar-refractivity contribution < 1.29 is 22.7 Å². The van der Waals surface area contributed by atoms with E-state index in [1.54, 1.807) is 0 Å². The Balaban J connectivity index is 2.52. The molecule has 7 heteroatoms. The first kappa shape index (κ1) is 16.3. The zero-order chi connectivity index (χ0) is 15.2. The highest BCUT2D eigenvalue weighted by molar-refractivity contribution is 5.94. The van der Waals surface area contributed by atoms with E-state index in [1.807, 2.05) is 6.92 Å². The molecule has 0 aromatic heterocycles. The minimum Gasteiger partial charge on any atom is -0.484 e. The number of ether oxygens (including phenoxy) is 1. The van der Waals surface area contributed by atoms with Crippen LogP contribution in [0.3, 0.4) is 0 Å². The summed E-state index contributed by atoms with van der Waals surface area (Å²) in [5.74, 6) is -0.242. The first-order valence-electron chi connectivity index (χ1n) is 6.18. The van der Waals surface area contributed by atoms with Crippen LogP contribution in [-0.2, 0) is 4.79 Å². The zero-order valence-electron chi connectivity index (χ0n) is 11.0. The molecule has 0 saturated carbocycles. The van der Waals surface area contributed by atoms with Gasteiger partial charge in [0.15, 0.2) is 6.61 Å². The van der Waals surface area contributed by atoms with Crippen molar-refractivity contribution >= 4 is 11.6 Å². The smallest absolute Gasteiger partial charge is 0.422 e. The van der Waals surface area contributed by atoms with Crippen molar-refractivity contribution in [3.05, 3.63) is 24.3 Å². The molecule has 0 fully saturated rings. The Morgan fingerprint density at radius 3 is 2.45 bits per heavy atom. The van der Waals surface area contributed by atoms with Gasteiger partial charge in [-0.25, -0.2) is 0 Å². The summed E-state index contributed by atoms with van der Waals surface area (Å²) in [6.07, 6.45) is -3.02. The molecule has 1 aromatic rings. The number of amides is 1. The number of hydrogen-bond donors (Lipinski definition) is 2. The zero-order valence-corrected chi connectivity index (χ0v) is 11.0. The largest absolute Gasteiger partial charge is 0.484 e. The van der Waals surface area contributed by atoms with Crippen molar-refractivity contribution in [1.82, 2.24) is 0 Å². The van der Waals surface area contributed by atoms with Crippen LogP contribution in [0, 0.1) is 0 Å². The predicted molar refractivity (Wildman–Crippen MR) is 69.5 cm³/mol. The Bertz CT molecular complexity index is 432. The Morgan fingerprint density at radius 1 is 1.35 bits per heavy atom. The lowest BCUT2D eigenvalue weighted by Gasteiger charge is -2.12. The molecule has 0 saturated heterocycles. The van der Waals surface area contributed by atoms with Crippen molar-refractivity contribution in [2.24, 2.45) is 5.73 Å². The fraction of sp³-hybridized carbons (Fsp3) is 0.462. The van der Waals surface area contributed by atoms with Gasteiger partial charge in [-0.2, -0.15) is 13.2 Å². The second kappa shape index (κ2) is 7.14. The number of hydrogen-bond acceptors (Lipinski definition) is 3. The van der Waals surface area contributed by atoms with Crippen LogP contribution >= 0.6 is 0 Å². The first-order valence-corrected chi connectivity index (χ1v) is 6.18. The van der Waals surface area contributed by atoms with E-state index in [0.29, 0.717) is 12.1 Å². The molecule has 1 amide bonds. The lowest BCUT2D eigenvalue weighted by Crippen LogP contribution is -2.35. The van der Waals surface area contributed by atoms with E-state index in [0.717, 1.165) is 6.42 Å². The molecule has 20 heavy (non-hydrogen) atoms. The van der Waals surface area contributed by atoms with Gasteiger partial charge in [0.1, 0.15) is 5.75 Å². The summed E-state index contributed by atoms with van der Waals surface area (Å²) in [5.41, 5.74) is 6.10. The SMILES string of the molecule is CCC[C@@H](N)C(=O)Nc1ccc(OCC(F)(F)F)cc1. The Morgan fingerprint density at radius 2 is 1.95 bits per heavy atom. The molecule has 1 atom stereocenters. The molecule has 0 spiro atoms. The summed E-state index contributed by atoms with van der Waals surface area (Å²) in [5, 5.41) is 2.58. The molecule has 3 N–H and O–H groups in total. The van der Waals surface area contributed by atoms with Gasteiger partial charge in [-0.1, -0.05) is 13.3 Å². The van der Waals surface area contributed by atoms with Gasteiger partial charge in [-0.3, -0.25) is 4.79 Å². The van der Waals surface area contributed by atoms with Gasteiger partial charge in [-0.15, -0.1) is 0 Å². The highest BCUT2D eigenvalue weighted by atomic mass is 19.4. The van der Waals surface area contributed by atoms with E-state index in [2.05, 4.69) is 10.1 Å². The maximum Gasteiger partial charge on any atom is 0.422 e. The molecule has 0 aliphatic carbocycles. The first-order chi connectivity index (χ1) is 9.31. The lowest BCUT2D eigenvalue weighted by atomic mass is 10.1. The number of carbonyl (C=O) groups is 1. The average molecular weight is 290 g/mol. The summed E-state index contributed by atoms with van der Waals surface area (Å²) in [6.45, 7) is 0.569. The van der Waals surface area contributed by atoms with Crippen LogP contribution in [-0.4, -0.2) is 24.7 Å². The number of halogens is 3. The van der Waals surface area contributed by atoms with Crippen LogP contribution < -0.4 is 15.8 Å². The minimum atomic E-state index is -4.38. The van der Waals surface area contributed by atoms with Gasteiger partial charge in [0.2, 0.25) is 5.91 Å². The molecular weight excluding hydrogens is 273 g/mol. The number of anilines is 1. The number of rotatable bonds is 6. The van der Waals surface area contributed by atoms with Crippen molar-refractivity contribution in [3.8, 4) is 5.75 Å². The molecule has 0 radical (unpaired) electrons. The summed E-state index contributed by atoms with van der Waals surface area (Å²) >= 11 is 0. The monoisotopic (exact) mass is 290 g/mol. The van der Waals surface area contributed by atoms with Crippen molar-refractivity contribution in [3.63, 3.8) is 0 Å². The maximum atomic E-state index is 12.0. The van der Waals surface area contributed by atoms with Gasteiger partial charge < -0.3 is 15.8 Å². The molecule has 1 aromatic carbocycles. The second-order valence-electron chi connectivity index (χ2n) is 4.31. The molecule has 112 valence electrons. The minimum absolute atomic E-state index is 0.0816. The normalized spacial score (nSPS) is 12.8. The lowest BCUT2D eigenvalue weighted by molar-refractivity contribution is -0.153. The summed E-state index contributed by atoms with van der Waals surface area (Å²) < 4.78 is 40.4. The van der Waals surface area contributed by atoms with Crippen molar-refractivity contribution in [2.45, 2.75) is 32.0 Å². The molecule has 0 aliphatic rings. The topological polar surface area (TPSA) is 64.4 Å². The van der Waals surface area contributed by atoms with Crippen LogP contribution in [0.4, 0.5) is 18.9 Å². The van der Waals surface area contributed by atoms with Gasteiger partial charge >= 0.3 is 6.18 Å². The van der Waals surface area contributed by atoms with Crippen LogP contribution in [0.15, 0.2) is 24.3 Å². The highest BCUT2D eigenvalue weighted by Crippen LogP contribution is 2.20. The Kier molecular flexibility index (Phi) is 5.82. The van der Waals surface area contributed by atoms with Crippen molar-refractivity contribution in [2.75, 3.05) is 11.9 Å². The van der Waals surface area contributed by atoms with E-state index >= 15 is 0 Å². The molecular formula is C13H17F3N2O2. The number of benzene rings is 1. The summed E-state index contributed by atoms with van der Waals surface area (Å²) in [4.78, 5) is 11.6. The van der Waals surface area contributed by atoms with Crippen LogP contribution in [0.2, 0.25) is 0 Å². The Hall–Kier alpha value is -1.76. The standard InChI is InChI=1S/C13H17F3N2O2/c1-2-3-11(17)12(19)18-9-4-6-10(7-5-9)20-8-13(14,15)16/h4-7,11H,2-3,8,17H2,1H3,(H,18,19)/t11-/m1/s1. The van der Waals surface area contributed by atoms with E-state index in [1.165, 1.54) is 24.3 Å². The fourth-order valence-corrected chi connectivity index (χ4v) is 1.48. The average Bonchev–Trinajstić information content (AvgIpc) is 2.37. The number of nitrogens with two attached hydrogens (primary N) is 1. The Labute approximate surface area is 115 Å². The second-order valence-corrected chi connectivity index (χ2v) is 4.31. The molecule has 0 aliphatic heterocycles. The van der Waals surface area contributed by atoms with E-state index in [4.69, 9.17) is 5.73 Å². The molecule has 0 bridgehead atoms. The van der Waals surface area contributed by atoms with E-state index < -0.39 is 18.8 Å². The summed E-state index contributed by atoms with van der Waals surface area (Å²) in [6, 6.07) is 5.03. The molecule has 1 rings (SSSR count). The van der Waals surface area contributed by atoms with E-state index in [9.17, 15) is 18.0 Å². The molecule has 0 unspecified atom stereocenters. The fourth-order valence-electron chi connectivity index (χ4n) is 1.48. The maximum absolute atomic E-state index is 12.0. The van der Waals surface area contributed by atoms with Crippen LogP contribution in [0.1, 0.15) is 19.8 Å². The van der Waals surface area contributed by atoms with Gasteiger partial charge in [0.05, 0.1) is 6.04 Å². The predicted octanol–water partition coefficient (Wildman–Crippen LogP) is 2.69. The molecule has 0 heterocycles. The number of nitrogens with one attached hydrogen (secondary N) is 1. The molecule has 4 nitrogen and oxygen atoms in total. The summed E-state index contributed by atoms with van der Waals surface area (Å²) in [7, 11) is 0. The number of carbonyl (C=O) groups excluding carboxylic acids is 1. The van der Waals surface area contributed by atoms with Gasteiger partial charge in [-0.05, 0) is 30.7 Å². The van der Waals surface area contributed by atoms with Gasteiger partial charge in [0.25, 0.3) is 0 Å². The number of alkyl halides is 3. The highest BCUT2D eigenvalue weighted by Gasteiger charge is 2.28. The van der Waals surface area contributed by atoms with E-state index in [-0.39, 0.29) is 11.7 Å². The third-order valence-electron chi connectivity index (χ3n) is 2.46.